The van der Waals surface area contributed by atoms with Gasteiger partial charge in [0.05, 0.1) is 15.1 Å². The lowest BCUT2D eigenvalue weighted by Gasteiger charge is -2.17. The van der Waals surface area contributed by atoms with Gasteiger partial charge >= 0.3 is 0 Å². The summed E-state index contributed by atoms with van der Waals surface area (Å²) in [6.07, 6.45) is 1.85. The predicted molar refractivity (Wildman–Crippen MR) is 139 cm³/mol. The van der Waals surface area contributed by atoms with Crippen LogP contribution in [0.15, 0.2) is 63.9 Å². The van der Waals surface area contributed by atoms with Gasteiger partial charge in [-0.3, -0.25) is 4.79 Å². The van der Waals surface area contributed by atoms with E-state index in [1.54, 1.807) is 49.4 Å². The molecule has 1 aliphatic carbocycles. The average Bonchev–Trinajstić information content (AvgIpc) is 3.50. The Kier molecular flexibility index (Phi) is 6.43. The summed E-state index contributed by atoms with van der Waals surface area (Å²) in [5.41, 5.74) is 2.57. The van der Waals surface area contributed by atoms with E-state index in [9.17, 15) is 13.4 Å². The van der Waals surface area contributed by atoms with E-state index in [0.717, 1.165) is 18.4 Å². The number of fused-ring (bicyclic) bond motifs is 1. The lowest BCUT2D eigenvalue weighted by molar-refractivity contribution is -0.117. The normalized spacial score (nSPS) is 16.1. The molecule has 1 unspecified atom stereocenters. The lowest BCUT2D eigenvalue weighted by atomic mass is 9.93. The number of carbonyl (C=O) groups is 1. The van der Waals surface area contributed by atoms with Crippen LogP contribution in [0.5, 0.6) is 0 Å². The molecule has 1 saturated carbocycles. The number of Topliss-reactive ketones (excluding diaryl/α,β-unsaturated/α-hetero) is 1. The minimum Gasteiger partial charge on any atom is -0.440 e. The van der Waals surface area contributed by atoms with Gasteiger partial charge in [0, 0.05) is 45.2 Å². The van der Waals surface area contributed by atoms with Gasteiger partial charge in [0.2, 0.25) is 5.89 Å². The summed E-state index contributed by atoms with van der Waals surface area (Å²) in [6.45, 7) is 1.72. The average molecular weight is 545 g/mol. The number of nitrogens with one attached hydrogen (secondary N) is 1. The predicted octanol–water partition coefficient (Wildman–Crippen LogP) is 7.13. The number of nitrogens with zero attached hydrogens (tertiary/aromatic N) is 1. The number of hydrogen-bond donors (Lipinski definition) is 1. The van der Waals surface area contributed by atoms with Gasteiger partial charge < -0.3 is 4.42 Å². The van der Waals surface area contributed by atoms with Gasteiger partial charge in [-0.25, -0.2) is 18.4 Å². The van der Waals surface area contributed by atoms with E-state index < -0.39 is 21.0 Å². The molecule has 0 spiro atoms. The van der Waals surface area contributed by atoms with Crippen molar-refractivity contribution in [2.75, 3.05) is 5.75 Å². The van der Waals surface area contributed by atoms with Crippen LogP contribution in [0.4, 0.5) is 4.39 Å². The van der Waals surface area contributed by atoms with Crippen LogP contribution in [-0.4, -0.2) is 20.7 Å². The Morgan fingerprint density at radius 2 is 1.69 bits per heavy atom. The van der Waals surface area contributed by atoms with Gasteiger partial charge in [-0.2, -0.15) is 0 Å². The highest BCUT2D eigenvalue weighted by molar-refractivity contribution is 7.92. The Morgan fingerprint density at radius 1 is 1.06 bits per heavy atom. The Balaban J connectivity index is 1.34. The molecule has 0 saturated heterocycles. The van der Waals surface area contributed by atoms with E-state index in [-0.39, 0.29) is 24.4 Å². The molecule has 0 amide bonds. The third kappa shape index (κ3) is 4.67. The number of ketones is 1. The highest BCUT2D eigenvalue weighted by Crippen LogP contribution is 2.57. The van der Waals surface area contributed by atoms with Gasteiger partial charge in [-0.1, -0.05) is 42.3 Å². The SMILES string of the molecule is CCS(=N)(=O)c1ccc(CC(=O)Cc2cc(Cl)c(C3(c4nc5ccc(F)cc5o4)CC3)c(Cl)c2)cc1. The third-order valence-electron chi connectivity index (χ3n) is 6.60. The van der Waals surface area contributed by atoms with Crippen molar-refractivity contribution in [3.05, 3.63) is 93.0 Å². The highest BCUT2D eigenvalue weighted by Gasteiger charge is 2.52. The molecule has 1 N–H and O–H groups in total. The first kappa shape index (κ1) is 24.9. The maximum atomic E-state index is 13.6. The van der Waals surface area contributed by atoms with Crippen LogP contribution in [0.1, 0.15) is 42.3 Å². The minimum absolute atomic E-state index is 0.0214. The van der Waals surface area contributed by atoms with E-state index in [1.165, 1.54) is 12.1 Å². The van der Waals surface area contributed by atoms with Crippen LogP contribution in [0.25, 0.3) is 11.1 Å². The van der Waals surface area contributed by atoms with Crippen LogP contribution in [-0.2, 0) is 32.8 Å². The first-order valence-corrected chi connectivity index (χ1v) is 14.0. The molecule has 36 heavy (non-hydrogen) atoms. The molecule has 5 nitrogen and oxygen atoms in total. The molecular weight excluding hydrogens is 522 g/mol. The van der Waals surface area contributed by atoms with Crippen molar-refractivity contribution < 1.29 is 17.8 Å². The van der Waals surface area contributed by atoms with Gasteiger partial charge in [0.1, 0.15) is 17.1 Å². The summed E-state index contributed by atoms with van der Waals surface area (Å²) in [5.74, 6) is 0.286. The van der Waals surface area contributed by atoms with E-state index in [1.807, 2.05) is 0 Å². The number of rotatable bonds is 8. The van der Waals surface area contributed by atoms with Crippen molar-refractivity contribution in [3.8, 4) is 0 Å². The third-order valence-corrected chi connectivity index (χ3v) is 9.05. The van der Waals surface area contributed by atoms with Crippen LogP contribution in [0.3, 0.4) is 0 Å². The van der Waals surface area contributed by atoms with Crippen molar-refractivity contribution in [2.45, 2.75) is 42.9 Å². The van der Waals surface area contributed by atoms with Crippen LogP contribution < -0.4 is 0 Å². The smallest absolute Gasteiger partial charge is 0.206 e. The summed E-state index contributed by atoms with van der Waals surface area (Å²) in [4.78, 5) is 17.8. The van der Waals surface area contributed by atoms with E-state index >= 15 is 0 Å². The van der Waals surface area contributed by atoms with Gasteiger partial charge in [-0.15, -0.1) is 0 Å². The lowest BCUT2D eigenvalue weighted by Crippen LogP contribution is -2.12. The molecule has 0 radical (unpaired) electrons. The number of hydrogen-bond acceptors (Lipinski definition) is 5. The molecule has 5 rings (SSSR count). The zero-order valence-corrected chi connectivity index (χ0v) is 21.8. The fraction of sp³-hybridized carbons (Fsp3) is 0.259. The molecular formula is C27H23Cl2FN2O3S. The quantitative estimate of drug-likeness (QED) is 0.255. The van der Waals surface area contributed by atoms with Crippen molar-refractivity contribution in [3.63, 3.8) is 0 Å². The van der Waals surface area contributed by atoms with Gasteiger partial charge in [-0.05, 0) is 60.4 Å². The standard InChI is InChI=1S/C27H23Cl2FN2O3S/c1-2-36(31,34)20-6-3-16(4-7-20)11-19(33)12-17-13-21(28)25(22(29)14-17)27(9-10-27)26-32-23-8-5-18(30)15-24(23)35-26/h3-8,13-15,31H,2,9-12H2,1H3. The van der Waals surface area contributed by atoms with Gasteiger partial charge in [0.25, 0.3) is 0 Å². The molecule has 1 aliphatic rings. The summed E-state index contributed by atoms with van der Waals surface area (Å²) in [5, 5.41) is 0.871. The molecule has 1 heterocycles. The second-order valence-electron chi connectivity index (χ2n) is 9.15. The number of carbonyl (C=O) groups excluding carboxylic acids is 1. The number of halogens is 3. The molecule has 4 aromatic rings. The Hall–Kier alpha value is -2.74. The van der Waals surface area contributed by atoms with E-state index in [0.29, 0.717) is 43.1 Å². The monoisotopic (exact) mass is 544 g/mol. The van der Waals surface area contributed by atoms with Crippen molar-refractivity contribution in [1.82, 2.24) is 4.98 Å². The van der Waals surface area contributed by atoms with E-state index in [2.05, 4.69) is 4.98 Å². The zero-order valence-electron chi connectivity index (χ0n) is 19.4. The summed E-state index contributed by atoms with van der Waals surface area (Å²) in [6, 6.07) is 14.5. The molecule has 1 aromatic heterocycles. The zero-order chi connectivity index (χ0) is 25.7. The molecule has 186 valence electrons. The minimum atomic E-state index is -2.78. The number of aromatic nitrogens is 1. The van der Waals surface area contributed by atoms with Crippen LogP contribution in [0, 0.1) is 10.6 Å². The summed E-state index contributed by atoms with van der Waals surface area (Å²) < 4.78 is 39.6. The Labute approximate surface area is 218 Å². The first-order valence-electron chi connectivity index (χ1n) is 11.5. The van der Waals surface area contributed by atoms with Crippen LogP contribution >= 0.6 is 23.2 Å². The molecule has 9 heteroatoms. The topological polar surface area (TPSA) is 84.0 Å². The first-order chi connectivity index (χ1) is 17.1. The van der Waals surface area contributed by atoms with Gasteiger partial charge in [0.15, 0.2) is 5.58 Å². The number of oxazole rings is 1. The fourth-order valence-corrected chi connectivity index (χ4v) is 6.30. The van der Waals surface area contributed by atoms with Crippen molar-refractivity contribution in [1.29, 1.82) is 4.78 Å². The molecule has 0 bridgehead atoms. The summed E-state index contributed by atoms with van der Waals surface area (Å²) in [7, 11) is -2.78. The van der Waals surface area contributed by atoms with Crippen molar-refractivity contribution in [2.24, 2.45) is 0 Å². The molecule has 1 fully saturated rings. The molecule has 3 aromatic carbocycles. The summed E-state index contributed by atoms with van der Waals surface area (Å²) >= 11 is 13.4. The maximum absolute atomic E-state index is 13.6. The van der Waals surface area contributed by atoms with Crippen molar-refractivity contribution >= 4 is 49.8 Å². The fourth-order valence-electron chi connectivity index (χ4n) is 4.50. The van der Waals surface area contributed by atoms with E-state index in [4.69, 9.17) is 32.4 Å². The Bertz CT molecular complexity index is 1570. The second-order valence-corrected chi connectivity index (χ2v) is 12.4. The molecule has 1 atom stereocenters. The highest BCUT2D eigenvalue weighted by atomic mass is 35.5. The molecule has 0 aliphatic heterocycles. The van der Waals surface area contributed by atoms with Crippen LogP contribution in [0.2, 0.25) is 10.0 Å². The number of benzene rings is 3. The second kappa shape index (κ2) is 9.29. The largest absolute Gasteiger partial charge is 0.440 e. The maximum Gasteiger partial charge on any atom is 0.206 e. The Morgan fingerprint density at radius 3 is 2.31 bits per heavy atom.